The Hall–Kier alpha value is -0.830. The summed E-state index contributed by atoms with van der Waals surface area (Å²) in [4.78, 5) is 3.68. The summed E-state index contributed by atoms with van der Waals surface area (Å²) in [5, 5.41) is 9.54. The van der Waals surface area contributed by atoms with E-state index in [9.17, 15) is 0 Å². The lowest BCUT2D eigenvalue weighted by Gasteiger charge is -2.06. The molecule has 0 amide bonds. The summed E-state index contributed by atoms with van der Waals surface area (Å²) in [5.74, 6) is 0.528. The predicted molar refractivity (Wildman–Crippen MR) is 32.9 cm³/mol. The highest BCUT2D eigenvalue weighted by Gasteiger charge is 1.88. The molecule has 0 rings (SSSR count). The Morgan fingerprint density at radius 2 is 2.38 bits per heavy atom. The second-order valence-electron chi connectivity index (χ2n) is 1.38. The summed E-state index contributed by atoms with van der Waals surface area (Å²) in [6, 6.07) is 0. The lowest BCUT2D eigenvalue weighted by atomic mass is 10.7. The molecule has 0 aromatic carbocycles. The van der Waals surface area contributed by atoms with Gasteiger partial charge in [-0.15, -0.1) is 0 Å². The number of hydroxylamine groups is 2. The van der Waals surface area contributed by atoms with E-state index in [0.717, 1.165) is 5.06 Å². The molecule has 46 valence electrons. The quantitative estimate of drug-likeness (QED) is 0.312. The first-order chi connectivity index (χ1) is 3.68. The molecule has 0 saturated heterocycles. The van der Waals surface area contributed by atoms with E-state index in [0.29, 0.717) is 5.84 Å². The Morgan fingerprint density at radius 1 is 1.88 bits per heavy atom. The first kappa shape index (κ1) is 7.17. The molecular weight excluding hydrogens is 104 g/mol. The molecule has 0 radical (unpaired) electrons. The molecule has 0 fully saturated rings. The normalized spacial score (nSPS) is 11.1. The SMILES string of the molecule is C=C/N=C(/C)N(C)O. The zero-order chi connectivity index (χ0) is 6.57. The van der Waals surface area contributed by atoms with Gasteiger partial charge in [-0.3, -0.25) is 5.21 Å². The van der Waals surface area contributed by atoms with Crippen molar-refractivity contribution in [3.8, 4) is 0 Å². The molecular formula is C5H10N2O. The fourth-order valence-corrected chi connectivity index (χ4v) is 0.216. The van der Waals surface area contributed by atoms with Crippen LogP contribution in [-0.4, -0.2) is 23.2 Å². The summed E-state index contributed by atoms with van der Waals surface area (Å²) in [6.07, 6.45) is 1.38. The van der Waals surface area contributed by atoms with Crippen LogP contribution in [0.3, 0.4) is 0 Å². The Morgan fingerprint density at radius 3 is 2.50 bits per heavy atom. The van der Waals surface area contributed by atoms with E-state index in [1.807, 2.05) is 0 Å². The smallest absolute Gasteiger partial charge is 0.125 e. The lowest BCUT2D eigenvalue weighted by molar-refractivity contribution is 0.0129. The van der Waals surface area contributed by atoms with E-state index in [4.69, 9.17) is 5.21 Å². The number of hydrogen-bond acceptors (Lipinski definition) is 2. The van der Waals surface area contributed by atoms with Crippen LogP contribution in [0.1, 0.15) is 6.92 Å². The number of amidine groups is 1. The molecule has 1 N–H and O–H groups in total. The van der Waals surface area contributed by atoms with Gasteiger partial charge in [-0.2, -0.15) is 0 Å². The summed E-state index contributed by atoms with van der Waals surface area (Å²) in [6.45, 7) is 5.04. The zero-order valence-electron chi connectivity index (χ0n) is 5.13. The maximum absolute atomic E-state index is 8.61. The lowest BCUT2D eigenvalue weighted by Crippen LogP contribution is -2.18. The predicted octanol–water partition coefficient (Wildman–Crippen LogP) is 0.869. The molecule has 0 atom stereocenters. The van der Waals surface area contributed by atoms with E-state index in [1.54, 1.807) is 6.92 Å². The highest BCUT2D eigenvalue weighted by Crippen LogP contribution is 1.80. The summed E-state index contributed by atoms with van der Waals surface area (Å²) in [5.41, 5.74) is 0. The average Bonchev–Trinajstić information content (AvgIpc) is 1.67. The van der Waals surface area contributed by atoms with Crippen LogP contribution in [0, 0.1) is 0 Å². The molecule has 0 aliphatic rings. The second kappa shape index (κ2) is 3.21. The van der Waals surface area contributed by atoms with Crippen LogP contribution in [0.15, 0.2) is 17.8 Å². The van der Waals surface area contributed by atoms with Crippen molar-refractivity contribution in [2.75, 3.05) is 7.05 Å². The van der Waals surface area contributed by atoms with Gasteiger partial charge in [0.15, 0.2) is 0 Å². The first-order valence-electron chi connectivity index (χ1n) is 2.26. The summed E-state index contributed by atoms with van der Waals surface area (Å²) in [7, 11) is 1.50. The van der Waals surface area contributed by atoms with Gasteiger partial charge in [0.2, 0.25) is 0 Å². The molecule has 8 heavy (non-hydrogen) atoms. The Labute approximate surface area is 48.9 Å². The van der Waals surface area contributed by atoms with Crippen LogP contribution in [-0.2, 0) is 0 Å². The van der Waals surface area contributed by atoms with Crippen molar-refractivity contribution in [2.45, 2.75) is 6.92 Å². The monoisotopic (exact) mass is 114 g/mol. The standard InChI is InChI=1S/C5H10N2O/c1-4-6-5(2)7(3)8/h4,8H,1H2,2-3H3/b6-5-. The largest absolute Gasteiger partial charge is 0.288 e. The second-order valence-corrected chi connectivity index (χ2v) is 1.38. The van der Waals surface area contributed by atoms with Crippen LogP contribution in [0.25, 0.3) is 0 Å². The van der Waals surface area contributed by atoms with Crippen molar-refractivity contribution in [3.05, 3.63) is 12.8 Å². The van der Waals surface area contributed by atoms with Gasteiger partial charge in [0, 0.05) is 13.2 Å². The molecule has 0 aliphatic carbocycles. The maximum atomic E-state index is 8.61. The van der Waals surface area contributed by atoms with Crippen molar-refractivity contribution in [3.63, 3.8) is 0 Å². The van der Waals surface area contributed by atoms with Crippen molar-refractivity contribution in [1.82, 2.24) is 5.06 Å². The van der Waals surface area contributed by atoms with Crippen molar-refractivity contribution < 1.29 is 5.21 Å². The number of nitrogens with zero attached hydrogens (tertiary/aromatic N) is 2. The molecule has 0 aromatic rings. The van der Waals surface area contributed by atoms with Gasteiger partial charge < -0.3 is 0 Å². The minimum Gasteiger partial charge on any atom is -0.288 e. The molecule has 0 aliphatic heterocycles. The molecule has 0 heterocycles. The fraction of sp³-hybridized carbons (Fsp3) is 0.400. The van der Waals surface area contributed by atoms with Gasteiger partial charge in [0.1, 0.15) is 5.84 Å². The third kappa shape index (κ3) is 2.36. The first-order valence-corrected chi connectivity index (χ1v) is 2.26. The van der Waals surface area contributed by atoms with Crippen LogP contribution < -0.4 is 0 Å². The third-order valence-corrected chi connectivity index (χ3v) is 0.746. The van der Waals surface area contributed by atoms with E-state index < -0.39 is 0 Å². The highest BCUT2D eigenvalue weighted by molar-refractivity contribution is 5.78. The maximum Gasteiger partial charge on any atom is 0.125 e. The molecule has 3 nitrogen and oxygen atoms in total. The molecule has 0 aromatic heterocycles. The average molecular weight is 114 g/mol. The van der Waals surface area contributed by atoms with E-state index >= 15 is 0 Å². The summed E-state index contributed by atoms with van der Waals surface area (Å²) < 4.78 is 0. The molecule has 3 heteroatoms. The van der Waals surface area contributed by atoms with Crippen molar-refractivity contribution in [2.24, 2.45) is 4.99 Å². The minimum absolute atomic E-state index is 0.528. The zero-order valence-corrected chi connectivity index (χ0v) is 5.13. The molecule has 0 spiro atoms. The van der Waals surface area contributed by atoms with Crippen LogP contribution in [0.2, 0.25) is 0 Å². The van der Waals surface area contributed by atoms with Crippen molar-refractivity contribution >= 4 is 5.84 Å². The van der Waals surface area contributed by atoms with E-state index in [-0.39, 0.29) is 0 Å². The highest BCUT2D eigenvalue weighted by atomic mass is 16.5. The molecule has 0 saturated carbocycles. The van der Waals surface area contributed by atoms with Gasteiger partial charge in [0.05, 0.1) is 0 Å². The van der Waals surface area contributed by atoms with Crippen LogP contribution in [0.5, 0.6) is 0 Å². The van der Waals surface area contributed by atoms with Gasteiger partial charge in [0.25, 0.3) is 0 Å². The summed E-state index contributed by atoms with van der Waals surface area (Å²) >= 11 is 0. The van der Waals surface area contributed by atoms with Crippen LogP contribution >= 0.6 is 0 Å². The van der Waals surface area contributed by atoms with Gasteiger partial charge in [-0.1, -0.05) is 6.58 Å². The fourth-order valence-electron chi connectivity index (χ4n) is 0.216. The Bertz CT molecular complexity index is 107. The molecule has 0 bridgehead atoms. The van der Waals surface area contributed by atoms with Gasteiger partial charge >= 0.3 is 0 Å². The number of aliphatic imine (C=N–C) groups is 1. The third-order valence-electron chi connectivity index (χ3n) is 0.746. The van der Waals surface area contributed by atoms with Gasteiger partial charge in [-0.05, 0) is 6.92 Å². The Kier molecular flexibility index (Phi) is 2.88. The minimum atomic E-state index is 0.528. The number of hydrogen-bond donors (Lipinski definition) is 1. The Balaban J connectivity index is 3.78. The van der Waals surface area contributed by atoms with E-state index in [1.165, 1.54) is 13.2 Å². The van der Waals surface area contributed by atoms with Gasteiger partial charge in [-0.25, -0.2) is 10.1 Å². The van der Waals surface area contributed by atoms with Crippen molar-refractivity contribution in [1.29, 1.82) is 0 Å². The number of rotatable bonds is 1. The van der Waals surface area contributed by atoms with E-state index in [2.05, 4.69) is 11.6 Å². The van der Waals surface area contributed by atoms with Crippen LogP contribution in [0.4, 0.5) is 0 Å². The molecule has 0 unspecified atom stereocenters. The topological polar surface area (TPSA) is 35.8 Å².